The molecule has 6 nitrogen and oxygen atoms in total. The number of nitrogens with one attached hydrogen (secondary N) is 1. The molecule has 6 heteroatoms. The van der Waals surface area contributed by atoms with Gasteiger partial charge >= 0.3 is 12.1 Å². The summed E-state index contributed by atoms with van der Waals surface area (Å²) in [6.45, 7) is -0.0926. The molecular weight excluding hydrogens is 250 g/mol. The van der Waals surface area contributed by atoms with Crippen molar-refractivity contribution in [1.82, 2.24) is 5.32 Å². The second kappa shape index (κ2) is 7.88. The second-order valence-electron chi connectivity index (χ2n) is 3.45. The van der Waals surface area contributed by atoms with Crippen molar-refractivity contribution >= 4 is 18.1 Å². The molecule has 1 amide bonds. The highest BCUT2D eigenvalue weighted by molar-refractivity contribution is 5.73. The Hall–Kier alpha value is -2.34. The first-order valence-corrected chi connectivity index (χ1v) is 5.46. The van der Waals surface area contributed by atoms with Crippen LogP contribution in [0.1, 0.15) is 5.56 Å². The fourth-order valence-electron chi connectivity index (χ4n) is 1.19. The van der Waals surface area contributed by atoms with Gasteiger partial charge in [-0.2, -0.15) is 0 Å². The molecule has 0 saturated heterocycles. The number of esters is 1. The number of hydrogen-bond acceptors (Lipinski definition) is 5. The molecule has 0 aliphatic heterocycles. The molecular formula is C13H15NO5. The maximum atomic E-state index is 11.2. The lowest BCUT2D eigenvalue weighted by atomic mass is 10.2. The van der Waals surface area contributed by atoms with Crippen LogP contribution in [0.2, 0.25) is 0 Å². The van der Waals surface area contributed by atoms with E-state index in [0.717, 1.165) is 5.56 Å². The summed E-state index contributed by atoms with van der Waals surface area (Å²) < 4.78 is 14.0. The van der Waals surface area contributed by atoms with Crippen molar-refractivity contribution in [2.45, 2.75) is 0 Å². The van der Waals surface area contributed by atoms with Gasteiger partial charge in [-0.05, 0) is 23.8 Å². The predicted octanol–water partition coefficient (Wildman–Crippen LogP) is 1.57. The van der Waals surface area contributed by atoms with Gasteiger partial charge in [0.1, 0.15) is 12.4 Å². The van der Waals surface area contributed by atoms with E-state index in [4.69, 9.17) is 4.74 Å². The smallest absolute Gasteiger partial charge is 0.410 e. The molecule has 0 aliphatic rings. The third-order valence-electron chi connectivity index (χ3n) is 2.04. The molecule has 0 radical (unpaired) electrons. The van der Waals surface area contributed by atoms with Crippen LogP contribution in [-0.4, -0.2) is 32.9 Å². The molecule has 0 aromatic heterocycles. The summed E-state index contributed by atoms with van der Waals surface area (Å²) in [6.07, 6.45) is 2.59. The van der Waals surface area contributed by atoms with Gasteiger partial charge < -0.3 is 14.2 Å². The molecule has 1 aromatic carbocycles. The molecule has 1 N–H and O–H groups in total. The average Bonchev–Trinajstić information content (AvgIpc) is 2.41. The topological polar surface area (TPSA) is 73.9 Å². The number of ether oxygens (including phenoxy) is 3. The number of rotatable bonds is 5. The molecule has 0 bridgehead atoms. The van der Waals surface area contributed by atoms with Gasteiger partial charge in [0.15, 0.2) is 0 Å². The SMILES string of the molecule is COCC(=O)Oc1ccc(/C=C/NC(=O)OC)cc1. The van der Waals surface area contributed by atoms with Crippen molar-refractivity contribution < 1.29 is 23.8 Å². The zero-order chi connectivity index (χ0) is 14.1. The summed E-state index contributed by atoms with van der Waals surface area (Å²) >= 11 is 0. The third-order valence-corrected chi connectivity index (χ3v) is 2.04. The Kier molecular flexibility index (Phi) is 6.11. The Labute approximate surface area is 111 Å². The van der Waals surface area contributed by atoms with Gasteiger partial charge in [-0.3, -0.25) is 5.32 Å². The van der Waals surface area contributed by atoms with Crippen LogP contribution in [0.25, 0.3) is 6.08 Å². The zero-order valence-electron chi connectivity index (χ0n) is 10.7. The van der Waals surface area contributed by atoms with Crippen LogP contribution >= 0.6 is 0 Å². The van der Waals surface area contributed by atoms with Gasteiger partial charge in [0.25, 0.3) is 0 Å². The van der Waals surface area contributed by atoms with E-state index in [1.807, 2.05) is 0 Å². The Bertz CT molecular complexity index is 453. The predicted molar refractivity (Wildman–Crippen MR) is 68.5 cm³/mol. The van der Waals surface area contributed by atoms with Gasteiger partial charge in [-0.25, -0.2) is 9.59 Å². The molecule has 1 rings (SSSR count). The maximum absolute atomic E-state index is 11.2. The number of carbonyl (C=O) groups excluding carboxylic acids is 2. The second-order valence-corrected chi connectivity index (χ2v) is 3.45. The van der Waals surface area contributed by atoms with E-state index in [1.165, 1.54) is 20.4 Å². The molecule has 102 valence electrons. The van der Waals surface area contributed by atoms with E-state index >= 15 is 0 Å². The van der Waals surface area contributed by atoms with E-state index in [9.17, 15) is 9.59 Å². The number of hydrogen-bond donors (Lipinski definition) is 1. The van der Waals surface area contributed by atoms with Crippen LogP contribution in [0, 0.1) is 0 Å². The van der Waals surface area contributed by atoms with Crippen molar-refractivity contribution in [3.8, 4) is 5.75 Å². The minimum Gasteiger partial charge on any atom is -0.453 e. The lowest BCUT2D eigenvalue weighted by molar-refractivity contribution is -0.138. The fraction of sp³-hybridized carbons (Fsp3) is 0.231. The number of benzene rings is 1. The van der Waals surface area contributed by atoms with Crippen LogP contribution in [0.15, 0.2) is 30.5 Å². The van der Waals surface area contributed by atoms with Gasteiger partial charge in [0.05, 0.1) is 7.11 Å². The van der Waals surface area contributed by atoms with E-state index in [2.05, 4.69) is 14.8 Å². The first-order valence-electron chi connectivity index (χ1n) is 5.46. The van der Waals surface area contributed by atoms with Crippen molar-refractivity contribution in [3.05, 3.63) is 36.0 Å². The zero-order valence-corrected chi connectivity index (χ0v) is 10.7. The molecule has 19 heavy (non-hydrogen) atoms. The van der Waals surface area contributed by atoms with Crippen molar-refractivity contribution in [2.24, 2.45) is 0 Å². The molecule has 0 aliphatic carbocycles. The largest absolute Gasteiger partial charge is 0.453 e. The lowest BCUT2D eigenvalue weighted by Gasteiger charge is -2.03. The van der Waals surface area contributed by atoms with Gasteiger partial charge in [0, 0.05) is 13.3 Å². The van der Waals surface area contributed by atoms with Crippen LogP contribution < -0.4 is 10.1 Å². The molecule has 0 heterocycles. The van der Waals surface area contributed by atoms with Crippen LogP contribution in [0.5, 0.6) is 5.75 Å². The van der Waals surface area contributed by atoms with Crippen molar-refractivity contribution in [2.75, 3.05) is 20.8 Å². The molecule has 0 unspecified atom stereocenters. The molecule has 1 aromatic rings. The molecule has 0 spiro atoms. The minimum absolute atomic E-state index is 0.0926. The number of methoxy groups -OCH3 is 2. The van der Waals surface area contributed by atoms with Crippen LogP contribution in [0.3, 0.4) is 0 Å². The Morgan fingerprint density at radius 2 is 1.89 bits per heavy atom. The molecule has 0 atom stereocenters. The standard InChI is InChI=1S/C13H15NO5/c1-17-9-12(15)19-11-5-3-10(4-6-11)7-8-14-13(16)18-2/h3-8H,9H2,1-2H3,(H,14,16)/b8-7+. The highest BCUT2D eigenvalue weighted by Crippen LogP contribution is 2.13. The summed E-state index contributed by atoms with van der Waals surface area (Å²) in [6, 6.07) is 6.77. The molecule has 0 saturated carbocycles. The number of amides is 1. The van der Waals surface area contributed by atoms with Gasteiger partial charge in [-0.1, -0.05) is 12.1 Å². The van der Waals surface area contributed by atoms with Crippen molar-refractivity contribution in [1.29, 1.82) is 0 Å². The Balaban J connectivity index is 2.52. The van der Waals surface area contributed by atoms with Gasteiger partial charge in [-0.15, -0.1) is 0 Å². The summed E-state index contributed by atoms with van der Waals surface area (Å²) in [5, 5.41) is 2.40. The van der Waals surface area contributed by atoms with Gasteiger partial charge in [0.2, 0.25) is 0 Å². The van der Waals surface area contributed by atoms with E-state index in [1.54, 1.807) is 30.3 Å². The van der Waals surface area contributed by atoms with E-state index < -0.39 is 12.1 Å². The number of alkyl carbamates (subject to hydrolysis) is 1. The van der Waals surface area contributed by atoms with E-state index in [-0.39, 0.29) is 6.61 Å². The third kappa shape index (κ3) is 5.69. The quantitative estimate of drug-likeness (QED) is 0.646. The highest BCUT2D eigenvalue weighted by atomic mass is 16.6. The van der Waals surface area contributed by atoms with Crippen molar-refractivity contribution in [3.63, 3.8) is 0 Å². The fourth-order valence-corrected chi connectivity index (χ4v) is 1.19. The Morgan fingerprint density at radius 1 is 1.21 bits per heavy atom. The maximum Gasteiger partial charge on any atom is 0.410 e. The average molecular weight is 265 g/mol. The minimum atomic E-state index is -0.540. The lowest BCUT2D eigenvalue weighted by Crippen LogP contribution is -2.15. The summed E-state index contributed by atoms with van der Waals surface area (Å²) in [5.74, 6) is -0.0294. The Morgan fingerprint density at radius 3 is 2.47 bits per heavy atom. The highest BCUT2D eigenvalue weighted by Gasteiger charge is 2.03. The number of carbonyl (C=O) groups is 2. The first kappa shape index (κ1) is 14.7. The summed E-state index contributed by atoms with van der Waals surface area (Å²) in [5.41, 5.74) is 0.836. The summed E-state index contributed by atoms with van der Waals surface area (Å²) in [7, 11) is 2.70. The first-order chi connectivity index (χ1) is 9.15. The summed E-state index contributed by atoms with van der Waals surface area (Å²) in [4.78, 5) is 21.9. The van der Waals surface area contributed by atoms with Crippen LogP contribution in [-0.2, 0) is 14.3 Å². The van der Waals surface area contributed by atoms with E-state index in [0.29, 0.717) is 5.75 Å². The molecule has 0 fully saturated rings. The van der Waals surface area contributed by atoms with Crippen LogP contribution in [0.4, 0.5) is 4.79 Å². The monoisotopic (exact) mass is 265 g/mol. The normalized spacial score (nSPS) is 10.2.